The van der Waals surface area contributed by atoms with Crippen LogP contribution in [0.25, 0.3) is 0 Å². The van der Waals surface area contributed by atoms with Crippen molar-refractivity contribution in [3.63, 3.8) is 0 Å². The molecule has 0 aromatic rings. The largest absolute Gasteiger partial charge is 0.299 e. The Bertz CT molecular complexity index is 49.5. The van der Waals surface area contributed by atoms with Gasteiger partial charge in [-0.1, -0.05) is 15.9 Å². The highest BCUT2D eigenvalue weighted by Gasteiger charge is 1.81. The second kappa shape index (κ2) is 3.22. The van der Waals surface area contributed by atoms with Crippen LogP contribution in [0.15, 0.2) is 12.3 Å². The molecular weight excluding hydrogens is 144 g/mol. The number of halogens is 1. The van der Waals surface area contributed by atoms with Crippen molar-refractivity contribution in [2.24, 2.45) is 0 Å². The molecule has 0 spiro atoms. The molecule has 0 amide bonds. The zero-order valence-corrected chi connectivity index (χ0v) is 5.10. The monoisotopic (exact) mass is 149 g/mol. The smallest absolute Gasteiger partial charge is 0.139 e. The maximum absolute atomic E-state index is 9.53. The quantitative estimate of drug-likeness (QED) is 0.400. The van der Waals surface area contributed by atoms with Gasteiger partial charge < -0.3 is 0 Å². The van der Waals surface area contributed by atoms with Gasteiger partial charge in [0.2, 0.25) is 0 Å². The van der Waals surface area contributed by atoms with Gasteiger partial charge in [0.1, 0.15) is 6.26 Å². The number of alkyl halides is 1. The summed E-state index contributed by atoms with van der Waals surface area (Å²) in [4.78, 5) is 0.218. The third-order valence-corrected chi connectivity index (χ3v) is 0.649. The van der Waals surface area contributed by atoms with Crippen LogP contribution < -0.4 is 0 Å². The van der Waals surface area contributed by atoms with Crippen molar-refractivity contribution < 1.29 is 5.11 Å². The summed E-state index contributed by atoms with van der Waals surface area (Å²) in [6, 6.07) is 0. The molecular formula is C4H6BrO. The first-order valence-electron chi connectivity index (χ1n) is 1.70. The van der Waals surface area contributed by atoms with Gasteiger partial charge in [0.15, 0.2) is 0 Å². The van der Waals surface area contributed by atoms with E-state index in [2.05, 4.69) is 15.9 Å². The Labute approximate surface area is 45.8 Å². The molecule has 0 aliphatic rings. The van der Waals surface area contributed by atoms with E-state index < -0.39 is 0 Å². The summed E-state index contributed by atoms with van der Waals surface area (Å²) in [5.41, 5.74) is 0. The Morgan fingerprint density at radius 1 is 1.83 bits per heavy atom. The lowest BCUT2D eigenvalue weighted by Crippen LogP contribution is -1.76. The molecule has 0 fully saturated rings. The molecule has 0 bridgehead atoms. The van der Waals surface area contributed by atoms with Crippen molar-refractivity contribution >= 4 is 15.9 Å². The normalized spacial score (nSPS) is 15.7. The Morgan fingerprint density at radius 3 is 2.33 bits per heavy atom. The highest BCUT2D eigenvalue weighted by Crippen LogP contribution is 1.96. The molecule has 6 heavy (non-hydrogen) atoms. The summed E-state index contributed by atoms with van der Waals surface area (Å²) in [7, 11) is 0. The molecule has 0 aliphatic heterocycles. The topological polar surface area (TPSA) is 19.9 Å². The molecule has 0 aliphatic carbocycles. The fourth-order valence-corrected chi connectivity index (χ4v) is 0.233. The van der Waals surface area contributed by atoms with E-state index in [0.717, 1.165) is 6.26 Å². The van der Waals surface area contributed by atoms with Crippen molar-refractivity contribution in [1.82, 2.24) is 0 Å². The third kappa shape index (κ3) is 4.02. The van der Waals surface area contributed by atoms with Crippen LogP contribution in [0.5, 0.6) is 0 Å². The van der Waals surface area contributed by atoms with Crippen LogP contribution in [0.3, 0.4) is 0 Å². The highest BCUT2D eigenvalue weighted by atomic mass is 79.9. The van der Waals surface area contributed by atoms with E-state index in [9.17, 15) is 5.11 Å². The molecule has 0 saturated carbocycles. The lowest BCUT2D eigenvalue weighted by molar-refractivity contribution is 0.350. The molecule has 0 N–H and O–H groups in total. The molecule has 0 rings (SSSR count). The third-order valence-electron chi connectivity index (χ3n) is 0.344. The van der Waals surface area contributed by atoms with E-state index in [1.165, 1.54) is 6.08 Å². The van der Waals surface area contributed by atoms with Crippen molar-refractivity contribution in [3.8, 4) is 0 Å². The molecule has 2 heteroatoms. The van der Waals surface area contributed by atoms with Crippen LogP contribution in [0, 0.1) is 0 Å². The van der Waals surface area contributed by atoms with Crippen molar-refractivity contribution in [2.75, 3.05) is 0 Å². The average molecular weight is 150 g/mol. The van der Waals surface area contributed by atoms with E-state index in [0.29, 0.717) is 0 Å². The predicted octanol–water partition coefficient (Wildman–Crippen LogP) is 1.71. The maximum atomic E-state index is 9.53. The zero-order valence-electron chi connectivity index (χ0n) is 3.52. The van der Waals surface area contributed by atoms with Crippen LogP contribution in [-0.2, 0) is 5.11 Å². The van der Waals surface area contributed by atoms with Gasteiger partial charge in [0, 0.05) is 4.83 Å². The highest BCUT2D eigenvalue weighted by molar-refractivity contribution is 9.09. The summed E-state index contributed by atoms with van der Waals surface area (Å²) in [5.74, 6) is 0. The molecule has 1 unspecified atom stereocenters. The fourth-order valence-electron chi connectivity index (χ4n) is 0.108. The van der Waals surface area contributed by atoms with Gasteiger partial charge in [0.05, 0.1) is 0 Å². The number of hydrogen-bond acceptors (Lipinski definition) is 0. The molecule has 35 valence electrons. The van der Waals surface area contributed by atoms with E-state index in [4.69, 9.17) is 0 Å². The summed E-state index contributed by atoms with van der Waals surface area (Å²) in [5, 5.41) is 9.53. The number of allylic oxidation sites excluding steroid dienone is 1. The van der Waals surface area contributed by atoms with Gasteiger partial charge in [0.25, 0.3) is 0 Å². The summed E-state index contributed by atoms with van der Waals surface area (Å²) in [6.07, 6.45) is 2.30. The van der Waals surface area contributed by atoms with Crippen LogP contribution in [0.1, 0.15) is 6.92 Å². The first kappa shape index (κ1) is 6.02. The van der Waals surface area contributed by atoms with Gasteiger partial charge in [-0.2, -0.15) is 0 Å². The molecule has 0 heterocycles. The van der Waals surface area contributed by atoms with Crippen LogP contribution in [-0.4, -0.2) is 4.83 Å². The molecule has 1 radical (unpaired) electrons. The second-order valence-corrected chi connectivity index (χ2v) is 2.45. The Morgan fingerprint density at radius 2 is 2.33 bits per heavy atom. The molecule has 0 saturated heterocycles. The minimum atomic E-state index is 0.218. The van der Waals surface area contributed by atoms with Gasteiger partial charge in [-0.05, 0) is 13.0 Å². The molecule has 0 aromatic heterocycles. The van der Waals surface area contributed by atoms with Crippen molar-refractivity contribution in [1.29, 1.82) is 0 Å². The van der Waals surface area contributed by atoms with Gasteiger partial charge in [-0.15, -0.1) is 0 Å². The van der Waals surface area contributed by atoms with E-state index in [1.807, 2.05) is 6.92 Å². The summed E-state index contributed by atoms with van der Waals surface area (Å²) < 4.78 is 0. The van der Waals surface area contributed by atoms with Crippen LogP contribution >= 0.6 is 15.9 Å². The van der Waals surface area contributed by atoms with Crippen molar-refractivity contribution in [2.45, 2.75) is 11.8 Å². The summed E-state index contributed by atoms with van der Waals surface area (Å²) in [6.45, 7) is 1.88. The Balaban J connectivity index is 3.03. The predicted molar refractivity (Wildman–Crippen MR) is 28.2 cm³/mol. The van der Waals surface area contributed by atoms with E-state index in [1.54, 1.807) is 0 Å². The zero-order chi connectivity index (χ0) is 4.99. The average Bonchev–Trinajstić information content (AvgIpc) is 1.35. The maximum Gasteiger partial charge on any atom is 0.139 e. The lowest BCUT2D eigenvalue weighted by Gasteiger charge is -1.82. The first-order valence-corrected chi connectivity index (χ1v) is 2.61. The van der Waals surface area contributed by atoms with E-state index >= 15 is 0 Å². The molecule has 1 atom stereocenters. The standard InChI is InChI=1S/C4H6BrO/c1-4(5)2-3-6/h2-4H,1H3. The number of rotatable bonds is 1. The SMILES string of the molecule is CC(Br)C=C[O]. The van der Waals surface area contributed by atoms with E-state index in [-0.39, 0.29) is 4.83 Å². The molecule has 1 nitrogen and oxygen atoms in total. The fraction of sp³-hybridized carbons (Fsp3) is 0.500. The van der Waals surface area contributed by atoms with Crippen LogP contribution in [0.2, 0.25) is 0 Å². The second-order valence-electron chi connectivity index (χ2n) is 1.01. The minimum Gasteiger partial charge on any atom is -0.299 e. The Kier molecular flexibility index (Phi) is 3.23. The van der Waals surface area contributed by atoms with Gasteiger partial charge in [-0.25, -0.2) is 0 Å². The van der Waals surface area contributed by atoms with Crippen LogP contribution in [0.4, 0.5) is 0 Å². The molecule has 0 aromatic carbocycles. The van der Waals surface area contributed by atoms with Gasteiger partial charge >= 0.3 is 0 Å². The summed E-state index contributed by atoms with van der Waals surface area (Å²) >= 11 is 3.15. The van der Waals surface area contributed by atoms with Crippen molar-refractivity contribution in [3.05, 3.63) is 12.3 Å². The number of hydrogen-bond donors (Lipinski definition) is 0. The van der Waals surface area contributed by atoms with Gasteiger partial charge in [-0.3, -0.25) is 5.11 Å². The lowest BCUT2D eigenvalue weighted by atomic mass is 10.5. The Hall–Kier alpha value is 0.0200. The minimum absolute atomic E-state index is 0.218. The first-order chi connectivity index (χ1) is 2.77.